The fourth-order valence-corrected chi connectivity index (χ4v) is 8.80. The van der Waals surface area contributed by atoms with Crippen molar-refractivity contribution in [3.8, 4) is 33.4 Å². The number of fused-ring (bicyclic) bond motifs is 7. The van der Waals surface area contributed by atoms with Gasteiger partial charge in [0.25, 0.3) is 0 Å². The molecule has 3 heteroatoms. The summed E-state index contributed by atoms with van der Waals surface area (Å²) in [6, 6.07) is 66.0. The minimum atomic E-state index is -0.129. The molecule has 0 amide bonds. The van der Waals surface area contributed by atoms with Crippen LogP contribution < -0.4 is 0 Å². The summed E-state index contributed by atoms with van der Waals surface area (Å²) >= 11 is 0. The highest BCUT2D eigenvalue weighted by Gasteiger charge is 2.37. The first-order valence-electron chi connectivity index (χ1n) is 19.5. The first-order valence-corrected chi connectivity index (χ1v) is 19.5. The lowest BCUT2D eigenvalue weighted by atomic mass is 9.79. The molecule has 1 aliphatic rings. The number of hydrogen-bond acceptors (Lipinski definition) is 1. The van der Waals surface area contributed by atoms with Crippen LogP contribution in [0.5, 0.6) is 0 Å². The Hall–Kier alpha value is -7.23. The van der Waals surface area contributed by atoms with Crippen LogP contribution >= 0.6 is 0 Å². The molecule has 0 heterocycles. The number of nitrogens with one attached hydrogen (secondary N) is 1. The second-order valence-corrected chi connectivity index (χ2v) is 15.4. The third-order valence-corrected chi connectivity index (χ3v) is 11.6. The standard InChI is InChI=1S/C54H39N3/c1-54(2)50-22-11-10-19-46(50)47-21-12-20-44(51(47)54)38-25-29-40(30-26-38)53(57-52(55)39-27-23-36(24-28-39)35-13-4-3-5-14-35)56-34-49-43-18-9-7-16-41(43)33-48-42-17-8-6-15-37(42)31-32-45(48)49/h3-34,55H,1-2H3. The molecule has 10 rings (SSSR count). The van der Waals surface area contributed by atoms with E-state index in [2.05, 4.69) is 172 Å². The van der Waals surface area contributed by atoms with Crippen LogP contribution in [0.2, 0.25) is 0 Å². The normalized spacial score (nSPS) is 13.3. The van der Waals surface area contributed by atoms with Crippen molar-refractivity contribution in [1.29, 1.82) is 5.41 Å². The summed E-state index contributed by atoms with van der Waals surface area (Å²) in [5, 5.41) is 16.2. The molecule has 0 bridgehead atoms. The Kier molecular flexibility index (Phi) is 8.30. The van der Waals surface area contributed by atoms with Gasteiger partial charge in [-0.3, -0.25) is 5.41 Å². The zero-order chi connectivity index (χ0) is 38.5. The fraction of sp³-hybridized carbons (Fsp3) is 0.0556. The first kappa shape index (κ1) is 34.3. The van der Waals surface area contributed by atoms with Gasteiger partial charge in [0.1, 0.15) is 0 Å². The minimum absolute atomic E-state index is 0.129. The molecule has 0 saturated carbocycles. The summed E-state index contributed by atoms with van der Waals surface area (Å²) in [5.74, 6) is 0.631. The van der Waals surface area contributed by atoms with E-state index in [9.17, 15) is 5.41 Å². The molecule has 0 aliphatic heterocycles. The van der Waals surface area contributed by atoms with E-state index in [1.165, 1.54) is 44.0 Å². The molecule has 0 atom stereocenters. The lowest BCUT2D eigenvalue weighted by Crippen LogP contribution is -2.16. The van der Waals surface area contributed by atoms with Crippen molar-refractivity contribution in [2.24, 2.45) is 9.98 Å². The maximum atomic E-state index is 9.23. The molecule has 0 saturated heterocycles. The predicted octanol–water partition coefficient (Wildman–Crippen LogP) is 13.7. The molecule has 0 radical (unpaired) electrons. The second-order valence-electron chi connectivity index (χ2n) is 15.4. The van der Waals surface area contributed by atoms with E-state index in [1.54, 1.807) is 0 Å². The van der Waals surface area contributed by atoms with Gasteiger partial charge in [0, 0.05) is 28.3 Å². The highest BCUT2D eigenvalue weighted by molar-refractivity contribution is 6.22. The number of aliphatic imine (C=N–C) groups is 2. The fourth-order valence-electron chi connectivity index (χ4n) is 8.80. The van der Waals surface area contributed by atoms with Crippen molar-refractivity contribution in [1.82, 2.24) is 0 Å². The Morgan fingerprint density at radius 2 is 1.09 bits per heavy atom. The number of hydrogen-bond donors (Lipinski definition) is 1. The van der Waals surface area contributed by atoms with Gasteiger partial charge in [-0.25, -0.2) is 9.98 Å². The van der Waals surface area contributed by atoms with Gasteiger partial charge in [-0.2, -0.15) is 0 Å². The van der Waals surface area contributed by atoms with E-state index < -0.39 is 0 Å². The van der Waals surface area contributed by atoms with Crippen LogP contribution in [0.15, 0.2) is 198 Å². The first-order chi connectivity index (χ1) is 27.9. The Morgan fingerprint density at radius 1 is 0.474 bits per heavy atom. The van der Waals surface area contributed by atoms with Crippen LogP contribution in [-0.4, -0.2) is 17.9 Å². The van der Waals surface area contributed by atoms with E-state index in [4.69, 9.17) is 9.98 Å². The summed E-state index contributed by atoms with van der Waals surface area (Å²) in [5.41, 5.74) is 12.4. The molecular weight excluding hydrogens is 691 g/mol. The number of rotatable bonds is 5. The van der Waals surface area contributed by atoms with Gasteiger partial charge in [-0.05, 0) is 82.9 Å². The monoisotopic (exact) mass is 729 g/mol. The van der Waals surface area contributed by atoms with Crippen LogP contribution in [0.4, 0.5) is 0 Å². The van der Waals surface area contributed by atoms with Gasteiger partial charge in [0.05, 0.1) is 0 Å². The summed E-state index contributed by atoms with van der Waals surface area (Å²) in [7, 11) is 0. The smallest absolute Gasteiger partial charge is 0.161 e. The molecule has 270 valence electrons. The largest absolute Gasteiger partial charge is 0.282 e. The van der Waals surface area contributed by atoms with Crippen molar-refractivity contribution < 1.29 is 0 Å². The van der Waals surface area contributed by atoms with Crippen molar-refractivity contribution >= 4 is 50.2 Å². The molecule has 1 N–H and O–H groups in total. The lowest BCUT2D eigenvalue weighted by molar-refractivity contribution is 0.662. The number of benzene rings is 9. The van der Waals surface area contributed by atoms with E-state index in [-0.39, 0.29) is 11.3 Å². The van der Waals surface area contributed by atoms with Gasteiger partial charge >= 0.3 is 0 Å². The van der Waals surface area contributed by atoms with Crippen LogP contribution in [0.25, 0.3) is 65.7 Å². The summed E-state index contributed by atoms with van der Waals surface area (Å²) in [4.78, 5) is 10.1. The van der Waals surface area contributed by atoms with E-state index >= 15 is 0 Å². The SMILES string of the molecule is CC1(C)c2ccccc2-c2cccc(-c3ccc(C(N=Cc4c5ccccc5cc5c4ccc4ccccc45)=NC(=N)c4ccc(-c5ccccc5)cc4)cc3)c21. The molecule has 0 fully saturated rings. The molecule has 0 aromatic heterocycles. The van der Waals surface area contributed by atoms with Crippen molar-refractivity contribution in [3.63, 3.8) is 0 Å². The average Bonchev–Trinajstić information content (AvgIpc) is 3.51. The quantitative estimate of drug-likeness (QED) is 0.0794. The molecule has 57 heavy (non-hydrogen) atoms. The summed E-state index contributed by atoms with van der Waals surface area (Å²) < 4.78 is 0. The third kappa shape index (κ3) is 5.96. The molecule has 0 unspecified atom stereocenters. The second kappa shape index (κ2) is 13.8. The van der Waals surface area contributed by atoms with Crippen LogP contribution in [0.3, 0.4) is 0 Å². The highest BCUT2D eigenvalue weighted by Crippen LogP contribution is 2.52. The number of nitrogens with zero attached hydrogens (tertiary/aromatic N) is 2. The summed E-state index contributed by atoms with van der Waals surface area (Å²) in [6.45, 7) is 4.65. The van der Waals surface area contributed by atoms with Crippen molar-refractivity contribution in [2.75, 3.05) is 0 Å². The predicted molar refractivity (Wildman–Crippen MR) is 241 cm³/mol. The highest BCUT2D eigenvalue weighted by atomic mass is 14.9. The molecule has 1 aliphatic carbocycles. The maximum absolute atomic E-state index is 9.23. The van der Waals surface area contributed by atoms with Gasteiger partial charge in [0.2, 0.25) is 0 Å². The maximum Gasteiger partial charge on any atom is 0.161 e. The topological polar surface area (TPSA) is 48.6 Å². The minimum Gasteiger partial charge on any atom is -0.282 e. The Bertz CT molecular complexity index is 3080. The third-order valence-electron chi connectivity index (χ3n) is 11.6. The Balaban J connectivity index is 1.09. The van der Waals surface area contributed by atoms with E-state index in [0.717, 1.165) is 49.5 Å². The molecule has 9 aromatic carbocycles. The average molecular weight is 730 g/mol. The van der Waals surface area contributed by atoms with Crippen molar-refractivity contribution in [2.45, 2.75) is 19.3 Å². The van der Waals surface area contributed by atoms with E-state index in [1.807, 2.05) is 36.5 Å². The van der Waals surface area contributed by atoms with Gasteiger partial charge < -0.3 is 0 Å². The Morgan fingerprint density at radius 3 is 1.89 bits per heavy atom. The summed E-state index contributed by atoms with van der Waals surface area (Å²) in [6.07, 6.45) is 1.95. The Labute approximate surface area is 332 Å². The lowest BCUT2D eigenvalue weighted by Gasteiger charge is -2.24. The molecular formula is C54H39N3. The zero-order valence-corrected chi connectivity index (χ0v) is 31.9. The molecule has 0 spiro atoms. The van der Waals surface area contributed by atoms with E-state index in [0.29, 0.717) is 5.84 Å². The molecule has 3 nitrogen and oxygen atoms in total. The zero-order valence-electron chi connectivity index (χ0n) is 31.9. The van der Waals surface area contributed by atoms with Gasteiger partial charge in [-0.1, -0.05) is 196 Å². The van der Waals surface area contributed by atoms with Crippen molar-refractivity contribution in [3.05, 3.63) is 216 Å². The van der Waals surface area contributed by atoms with Gasteiger partial charge in [0.15, 0.2) is 11.7 Å². The number of amidine groups is 2. The van der Waals surface area contributed by atoms with Crippen LogP contribution in [0, 0.1) is 5.41 Å². The van der Waals surface area contributed by atoms with Crippen LogP contribution in [-0.2, 0) is 5.41 Å². The molecule has 9 aromatic rings. The van der Waals surface area contributed by atoms with Gasteiger partial charge in [-0.15, -0.1) is 0 Å². The van der Waals surface area contributed by atoms with Crippen LogP contribution in [0.1, 0.15) is 41.7 Å².